The lowest BCUT2D eigenvalue weighted by Crippen LogP contribution is -2.28. The Hall–Kier alpha value is -6.44. The van der Waals surface area contributed by atoms with Gasteiger partial charge in [-0.1, -0.05) is 179 Å². The van der Waals surface area contributed by atoms with Crippen molar-refractivity contribution in [2.24, 2.45) is 0 Å². The van der Waals surface area contributed by atoms with E-state index in [1.54, 1.807) is 0 Å². The SMILES string of the molecule is CC1(C)c2ccccc2-c2ccc(N(c3ccc4c(c3)-c3ccccc3C4(c3ccccc3)c3ccccc3)c3ccc4c(c3)C(C)(C)c3ccccc3-4)cc21. The van der Waals surface area contributed by atoms with Crippen molar-refractivity contribution in [3.05, 3.63) is 233 Å². The predicted molar refractivity (Wildman–Crippen MR) is 234 cm³/mol. The first-order chi connectivity index (χ1) is 27.3. The third kappa shape index (κ3) is 4.37. The summed E-state index contributed by atoms with van der Waals surface area (Å²) in [5.41, 5.74) is 21.5. The van der Waals surface area contributed by atoms with E-state index in [0.717, 1.165) is 5.69 Å². The number of anilines is 3. The van der Waals surface area contributed by atoms with Gasteiger partial charge in [0.05, 0.1) is 5.41 Å². The standard InChI is InChI=1S/C55H43N/c1-53(2)47-24-14-11-21-41(47)44-30-27-39(34-51(44)53)56(40-28-31-45-42-22-12-15-25-48(42)54(3,4)52(45)35-40)38-29-32-50-46(33-38)43-23-13-16-26-49(43)55(50,36-17-7-5-8-18-36)37-19-9-6-10-20-37/h5-35H,1-4H3. The number of hydrogen-bond donors (Lipinski definition) is 0. The second kappa shape index (κ2) is 11.8. The lowest BCUT2D eigenvalue weighted by molar-refractivity contribution is 0.660. The van der Waals surface area contributed by atoms with E-state index in [1.165, 1.54) is 89.3 Å². The molecular formula is C55H43N. The fourth-order valence-electron chi connectivity index (χ4n) is 10.7. The molecule has 1 nitrogen and oxygen atoms in total. The summed E-state index contributed by atoms with van der Waals surface area (Å²) in [6.45, 7) is 9.50. The molecule has 11 rings (SSSR count). The summed E-state index contributed by atoms with van der Waals surface area (Å²) in [6.07, 6.45) is 0. The van der Waals surface area contributed by atoms with Crippen LogP contribution < -0.4 is 4.90 Å². The molecule has 0 saturated carbocycles. The minimum atomic E-state index is -0.440. The summed E-state index contributed by atoms with van der Waals surface area (Å²) in [5.74, 6) is 0. The zero-order valence-corrected chi connectivity index (χ0v) is 32.3. The molecule has 0 N–H and O–H groups in total. The summed E-state index contributed by atoms with van der Waals surface area (Å²) in [5, 5.41) is 0. The van der Waals surface area contributed by atoms with E-state index in [0.29, 0.717) is 0 Å². The number of benzene rings is 8. The van der Waals surface area contributed by atoms with Gasteiger partial charge in [0.25, 0.3) is 0 Å². The number of rotatable bonds is 5. The molecular weight excluding hydrogens is 675 g/mol. The van der Waals surface area contributed by atoms with Gasteiger partial charge in [-0.2, -0.15) is 0 Å². The maximum absolute atomic E-state index is 2.51. The highest BCUT2D eigenvalue weighted by Gasteiger charge is 2.46. The molecule has 0 heterocycles. The van der Waals surface area contributed by atoms with Crippen molar-refractivity contribution in [3.8, 4) is 33.4 Å². The van der Waals surface area contributed by atoms with Gasteiger partial charge in [-0.05, 0) is 114 Å². The highest BCUT2D eigenvalue weighted by atomic mass is 15.1. The van der Waals surface area contributed by atoms with Gasteiger partial charge in [-0.25, -0.2) is 0 Å². The van der Waals surface area contributed by atoms with E-state index < -0.39 is 5.41 Å². The first-order valence-corrected chi connectivity index (χ1v) is 19.9. The zero-order chi connectivity index (χ0) is 37.8. The van der Waals surface area contributed by atoms with Crippen LogP contribution in [0.15, 0.2) is 188 Å². The van der Waals surface area contributed by atoms with Crippen LogP contribution in [0.3, 0.4) is 0 Å². The van der Waals surface area contributed by atoms with Gasteiger partial charge in [0.1, 0.15) is 0 Å². The van der Waals surface area contributed by atoms with Crippen LogP contribution in [-0.2, 0) is 16.2 Å². The largest absolute Gasteiger partial charge is 0.310 e. The third-order valence-corrected chi connectivity index (χ3v) is 13.4. The van der Waals surface area contributed by atoms with Gasteiger partial charge in [0, 0.05) is 27.9 Å². The van der Waals surface area contributed by atoms with Gasteiger partial charge < -0.3 is 4.90 Å². The molecule has 0 bridgehead atoms. The average Bonchev–Trinajstić information content (AvgIpc) is 3.76. The van der Waals surface area contributed by atoms with Gasteiger partial charge in [0.2, 0.25) is 0 Å². The van der Waals surface area contributed by atoms with E-state index in [1.807, 2.05) is 0 Å². The molecule has 8 aromatic carbocycles. The number of hydrogen-bond acceptors (Lipinski definition) is 1. The molecule has 1 heteroatoms. The summed E-state index contributed by atoms with van der Waals surface area (Å²) >= 11 is 0. The Balaban J connectivity index is 1.16. The molecule has 0 aromatic heterocycles. The quantitative estimate of drug-likeness (QED) is 0.171. The lowest BCUT2D eigenvalue weighted by Gasteiger charge is -2.34. The van der Waals surface area contributed by atoms with Crippen LogP contribution in [0.25, 0.3) is 33.4 Å². The first kappa shape index (κ1) is 32.9. The second-order valence-electron chi connectivity index (χ2n) is 16.9. The minimum absolute atomic E-state index is 0.114. The van der Waals surface area contributed by atoms with Gasteiger partial charge in [-0.3, -0.25) is 0 Å². The minimum Gasteiger partial charge on any atom is -0.310 e. The van der Waals surface area contributed by atoms with Crippen LogP contribution in [0.2, 0.25) is 0 Å². The highest BCUT2D eigenvalue weighted by molar-refractivity contribution is 5.92. The molecule has 0 atom stereocenters. The topological polar surface area (TPSA) is 3.24 Å². The predicted octanol–water partition coefficient (Wildman–Crippen LogP) is 14.1. The van der Waals surface area contributed by atoms with Gasteiger partial charge >= 0.3 is 0 Å². The Bertz CT molecular complexity index is 2710. The fraction of sp³-hybridized carbons (Fsp3) is 0.127. The molecule has 0 radical (unpaired) electrons. The molecule has 3 aliphatic carbocycles. The van der Waals surface area contributed by atoms with E-state index in [2.05, 4.69) is 221 Å². The third-order valence-electron chi connectivity index (χ3n) is 13.4. The van der Waals surface area contributed by atoms with Crippen molar-refractivity contribution in [2.45, 2.75) is 43.9 Å². The van der Waals surface area contributed by atoms with Crippen LogP contribution in [-0.4, -0.2) is 0 Å². The summed E-state index contributed by atoms with van der Waals surface area (Å²) in [4.78, 5) is 2.51. The van der Waals surface area contributed by atoms with Crippen molar-refractivity contribution in [1.29, 1.82) is 0 Å². The van der Waals surface area contributed by atoms with Gasteiger partial charge in [-0.15, -0.1) is 0 Å². The molecule has 8 aromatic rings. The maximum atomic E-state index is 2.51. The molecule has 56 heavy (non-hydrogen) atoms. The molecule has 0 unspecified atom stereocenters. The summed E-state index contributed by atoms with van der Waals surface area (Å²) in [6, 6.07) is 70.6. The average molecular weight is 718 g/mol. The molecule has 0 fully saturated rings. The Labute approximate surface area is 330 Å². The van der Waals surface area contributed by atoms with Crippen LogP contribution in [0.1, 0.15) is 72.2 Å². The van der Waals surface area contributed by atoms with E-state index in [-0.39, 0.29) is 10.8 Å². The smallest absolute Gasteiger partial charge is 0.0713 e. The van der Waals surface area contributed by atoms with Crippen LogP contribution in [0.4, 0.5) is 17.1 Å². The highest BCUT2D eigenvalue weighted by Crippen LogP contribution is 2.58. The molecule has 268 valence electrons. The second-order valence-corrected chi connectivity index (χ2v) is 16.9. The van der Waals surface area contributed by atoms with Crippen LogP contribution in [0.5, 0.6) is 0 Å². The Kier molecular flexibility index (Phi) is 6.93. The molecule has 0 saturated heterocycles. The Morgan fingerprint density at radius 2 is 0.643 bits per heavy atom. The van der Waals surface area contributed by atoms with Crippen LogP contribution in [0, 0.1) is 0 Å². The van der Waals surface area contributed by atoms with Crippen molar-refractivity contribution in [1.82, 2.24) is 0 Å². The van der Waals surface area contributed by atoms with Crippen molar-refractivity contribution >= 4 is 17.1 Å². The number of nitrogens with zero attached hydrogens (tertiary/aromatic N) is 1. The van der Waals surface area contributed by atoms with Gasteiger partial charge in [0.15, 0.2) is 0 Å². The fourth-order valence-corrected chi connectivity index (χ4v) is 10.7. The lowest BCUT2D eigenvalue weighted by atomic mass is 9.68. The van der Waals surface area contributed by atoms with Crippen LogP contribution >= 0.6 is 0 Å². The molecule has 3 aliphatic rings. The Morgan fingerprint density at radius 1 is 0.286 bits per heavy atom. The van der Waals surface area contributed by atoms with Crippen molar-refractivity contribution in [2.75, 3.05) is 4.90 Å². The van der Waals surface area contributed by atoms with E-state index in [4.69, 9.17) is 0 Å². The molecule has 0 aliphatic heterocycles. The van der Waals surface area contributed by atoms with Crippen molar-refractivity contribution < 1.29 is 0 Å². The first-order valence-electron chi connectivity index (χ1n) is 19.9. The summed E-state index contributed by atoms with van der Waals surface area (Å²) in [7, 11) is 0. The summed E-state index contributed by atoms with van der Waals surface area (Å²) < 4.78 is 0. The molecule has 0 amide bonds. The Morgan fingerprint density at radius 3 is 1.14 bits per heavy atom. The van der Waals surface area contributed by atoms with Crippen molar-refractivity contribution in [3.63, 3.8) is 0 Å². The zero-order valence-electron chi connectivity index (χ0n) is 32.3. The van der Waals surface area contributed by atoms with E-state index >= 15 is 0 Å². The number of fused-ring (bicyclic) bond motifs is 9. The maximum Gasteiger partial charge on any atom is 0.0713 e. The molecule has 0 spiro atoms. The van der Waals surface area contributed by atoms with E-state index in [9.17, 15) is 0 Å². The normalized spacial score (nSPS) is 15.6. The monoisotopic (exact) mass is 717 g/mol.